The van der Waals surface area contributed by atoms with Gasteiger partial charge in [-0.05, 0) is 13.3 Å². The Morgan fingerprint density at radius 3 is 2.64 bits per heavy atom. The third kappa shape index (κ3) is 9.06. The minimum atomic E-state index is -0.413. The van der Waals surface area contributed by atoms with Crippen LogP contribution in [0.15, 0.2) is 11.8 Å². The average Bonchev–Trinajstić information content (AvgIpc) is 2.10. The lowest BCUT2D eigenvalue weighted by atomic mass is 10.4. The van der Waals surface area contributed by atoms with Gasteiger partial charge < -0.3 is 15.2 Å². The maximum atomic E-state index is 10.9. The van der Waals surface area contributed by atoms with Gasteiger partial charge in [0.05, 0.1) is 6.61 Å². The zero-order chi connectivity index (χ0) is 10.8. The first-order chi connectivity index (χ1) is 6.66. The molecular weight excluding hydrogens is 182 g/mol. The summed E-state index contributed by atoms with van der Waals surface area (Å²) in [5, 5.41) is 0. The summed E-state index contributed by atoms with van der Waals surface area (Å²) >= 11 is 0. The van der Waals surface area contributed by atoms with Crippen LogP contribution in [-0.2, 0) is 14.3 Å². The van der Waals surface area contributed by atoms with Gasteiger partial charge in [0.1, 0.15) is 6.61 Å². The number of hydrogen-bond acceptors (Lipinski definition) is 4. The van der Waals surface area contributed by atoms with E-state index in [1.807, 2.05) is 0 Å². The molecule has 0 aromatic heterocycles. The van der Waals surface area contributed by atoms with Crippen LogP contribution in [-0.4, -0.2) is 25.8 Å². The molecule has 0 aliphatic heterocycles. The highest BCUT2D eigenvalue weighted by Gasteiger charge is 1.97. The molecule has 14 heavy (non-hydrogen) atoms. The molecule has 2 N–H and O–H groups in total. The van der Waals surface area contributed by atoms with E-state index in [0.717, 1.165) is 19.4 Å². The summed E-state index contributed by atoms with van der Waals surface area (Å²) < 4.78 is 10.0. The smallest absolute Gasteiger partial charge is 0.332 e. The SMILES string of the molecule is CCCCOCCOC(=O)/C=C(/C)N. The van der Waals surface area contributed by atoms with E-state index in [2.05, 4.69) is 6.92 Å². The van der Waals surface area contributed by atoms with Gasteiger partial charge >= 0.3 is 5.97 Å². The molecule has 4 nitrogen and oxygen atoms in total. The molecule has 0 fully saturated rings. The molecule has 0 bridgehead atoms. The molecule has 0 saturated carbocycles. The van der Waals surface area contributed by atoms with Gasteiger partial charge in [0, 0.05) is 18.4 Å². The first-order valence-electron chi connectivity index (χ1n) is 4.85. The fourth-order valence-corrected chi connectivity index (χ4v) is 0.777. The predicted molar refractivity (Wildman–Crippen MR) is 54.6 cm³/mol. The third-order valence-electron chi connectivity index (χ3n) is 1.46. The summed E-state index contributed by atoms with van der Waals surface area (Å²) in [4.78, 5) is 10.9. The lowest BCUT2D eigenvalue weighted by Crippen LogP contribution is -2.10. The quantitative estimate of drug-likeness (QED) is 0.382. The summed E-state index contributed by atoms with van der Waals surface area (Å²) in [5.74, 6) is -0.413. The van der Waals surface area contributed by atoms with Crippen molar-refractivity contribution in [3.8, 4) is 0 Å². The van der Waals surface area contributed by atoms with Gasteiger partial charge in [-0.15, -0.1) is 0 Å². The Labute approximate surface area is 85.1 Å². The molecule has 0 amide bonds. The minimum absolute atomic E-state index is 0.284. The molecule has 0 unspecified atom stereocenters. The zero-order valence-corrected chi connectivity index (χ0v) is 8.91. The van der Waals surface area contributed by atoms with E-state index in [4.69, 9.17) is 15.2 Å². The van der Waals surface area contributed by atoms with Crippen LogP contribution in [0.25, 0.3) is 0 Å². The highest BCUT2D eigenvalue weighted by atomic mass is 16.6. The number of ether oxygens (including phenoxy) is 2. The number of carbonyl (C=O) groups excluding carboxylic acids is 1. The zero-order valence-electron chi connectivity index (χ0n) is 8.91. The van der Waals surface area contributed by atoms with Crippen molar-refractivity contribution in [1.82, 2.24) is 0 Å². The van der Waals surface area contributed by atoms with Crippen molar-refractivity contribution < 1.29 is 14.3 Å². The Hall–Kier alpha value is -1.03. The van der Waals surface area contributed by atoms with Gasteiger partial charge in [0.15, 0.2) is 0 Å². The fraction of sp³-hybridized carbons (Fsp3) is 0.700. The van der Waals surface area contributed by atoms with E-state index < -0.39 is 5.97 Å². The van der Waals surface area contributed by atoms with Crippen molar-refractivity contribution in [2.45, 2.75) is 26.7 Å². The van der Waals surface area contributed by atoms with Crippen molar-refractivity contribution in [3.05, 3.63) is 11.8 Å². The highest BCUT2D eigenvalue weighted by Crippen LogP contribution is 1.89. The summed E-state index contributed by atoms with van der Waals surface area (Å²) in [6.07, 6.45) is 3.40. The van der Waals surface area contributed by atoms with Gasteiger partial charge in [-0.1, -0.05) is 13.3 Å². The summed E-state index contributed by atoms with van der Waals surface area (Å²) in [5.41, 5.74) is 5.74. The number of esters is 1. The molecule has 0 saturated heterocycles. The van der Waals surface area contributed by atoms with Gasteiger partial charge in [-0.2, -0.15) is 0 Å². The molecule has 0 rings (SSSR count). The van der Waals surface area contributed by atoms with Crippen LogP contribution >= 0.6 is 0 Å². The third-order valence-corrected chi connectivity index (χ3v) is 1.46. The number of nitrogens with two attached hydrogens (primary N) is 1. The van der Waals surface area contributed by atoms with Crippen molar-refractivity contribution >= 4 is 5.97 Å². The van der Waals surface area contributed by atoms with Crippen LogP contribution < -0.4 is 5.73 Å². The second-order valence-corrected chi connectivity index (χ2v) is 3.02. The predicted octanol–water partition coefficient (Wildman–Crippen LogP) is 1.21. The molecular formula is C10H19NO3. The average molecular weight is 201 g/mol. The van der Waals surface area contributed by atoms with E-state index in [9.17, 15) is 4.79 Å². The fourth-order valence-electron chi connectivity index (χ4n) is 0.777. The van der Waals surface area contributed by atoms with Gasteiger partial charge in [-0.3, -0.25) is 0 Å². The molecule has 0 aromatic carbocycles. The molecule has 0 heterocycles. The number of hydrogen-bond donors (Lipinski definition) is 1. The standard InChI is InChI=1S/C10H19NO3/c1-3-4-5-13-6-7-14-10(12)8-9(2)11/h8H,3-7,11H2,1-2H3/b9-8-. The van der Waals surface area contributed by atoms with Crippen LogP contribution in [0.2, 0.25) is 0 Å². The van der Waals surface area contributed by atoms with E-state index >= 15 is 0 Å². The molecule has 0 atom stereocenters. The molecule has 0 radical (unpaired) electrons. The summed E-state index contributed by atoms with van der Waals surface area (Å²) in [6.45, 7) is 5.19. The summed E-state index contributed by atoms with van der Waals surface area (Å²) in [7, 11) is 0. The van der Waals surface area contributed by atoms with Crippen LogP contribution in [0.4, 0.5) is 0 Å². The van der Waals surface area contributed by atoms with Crippen LogP contribution in [0.1, 0.15) is 26.7 Å². The topological polar surface area (TPSA) is 61.5 Å². The Morgan fingerprint density at radius 1 is 1.36 bits per heavy atom. The first-order valence-corrected chi connectivity index (χ1v) is 4.85. The summed E-state index contributed by atoms with van der Waals surface area (Å²) in [6, 6.07) is 0. The van der Waals surface area contributed by atoms with Crippen molar-refractivity contribution in [1.29, 1.82) is 0 Å². The minimum Gasteiger partial charge on any atom is -0.460 e. The maximum Gasteiger partial charge on any atom is 0.332 e. The highest BCUT2D eigenvalue weighted by molar-refractivity contribution is 5.82. The van der Waals surface area contributed by atoms with Crippen LogP contribution in [0.3, 0.4) is 0 Å². The van der Waals surface area contributed by atoms with Crippen LogP contribution in [0.5, 0.6) is 0 Å². The molecule has 82 valence electrons. The molecule has 0 aromatic rings. The van der Waals surface area contributed by atoms with E-state index in [1.54, 1.807) is 6.92 Å². The van der Waals surface area contributed by atoms with Gasteiger partial charge in [0.2, 0.25) is 0 Å². The number of carbonyl (C=O) groups is 1. The van der Waals surface area contributed by atoms with Gasteiger partial charge in [0.25, 0.3) is 0 Å². The van der Waals surface area contributed by atoms with E-state index in [-0.39, 0.29) is 6.61 Å². The first kappa shape index (κ1) is 13.0. The van der Waals surface area contributed by atoms with Gasteiger partial charge in [-0.25, -0.2) is 4.79 Å². The number of unbranched alkanes of at least 4 members (excludes halogenated alkanes) is 1. The maximum absolute atomic E-state index is 10.9. The monoisotopic (exact) mass is 201 g/mol. The second-order valence-electron chi connectivity index (χ2n) is 3.02. The Bertz CT molecular complexity index is 186. The largest absolute Gasteiger partial charge is 0.460 e. The van der Waals surface area contributed by atoms with Crippen molar-refractivity contribution in [2.75, 3.05) is 19.8 Å². The molecule has 4 heteroatoms. The lowest BCUT2D eigenvalue weighted by molar-refractivity contribution is -0.139. The molecule has 0 aliphatic carbocycles. The van der Waals surface area contributed by atoms with E-state index in [1.165, 1.54) is 6.08 Å². The Kier molecular flexibility index (Phi) is 7.93. The molecule has 0 spiro atoms. The van der Waals surface area contributed by atoms with Crippen molar-refractivity contribution in [3.63, 3.8) is 0 Å². The Balaban J connectivity index is 3.28. The van der Waals surface area contributed by atoms with Crippen molar-refractivity contribution in [2.24, 2.45) is 5.73 Å². The number of rotatable bonds is 7. The van der Waals surface area contributed by atoms with Crippen LogP contribution in [0, 0.1) is 0 Å². The molecule has 0 aliphatic rings. The van der Waals surface area contributed by atoms with E-state index in [0.29, 0.717) is 12.3 Å². The Morgan fingerprint density at radius 2 is 2.07 bits per heavy atom. The number of allylic oxidation sites excluding steroid dienone is 1. The lowest BCUT2D eigenvalue weighted by Gasteiger charge is -2.03. The normalized spacial score (nSPS) is 11.4. The second kappa shape index (κ2) is 8.56.